The molecule has 30 heavy (non-hydrogen) atoms. The van der Waals surface area contributed by atoms with E-state index in [1.807, 2.05) is 6.07 Å². The summed E-state index contributed by atoms with van der Waals surface area (Å²) in [6.07, 6.45) is 3.68. The summed E-state index contributed by atoms with van der Waals surface area (Å²) in [5, 5.41) is 2.24. The first-order valence-corrected chi connectivity index (χ1v) is 10.7. The molecule has 4 fully saturated rings. The number of amides is 4. The molecule has 4 atom stereocenters. The summed E-state index contributed by atoms with van der Waals surface area (Å²) in [5.41, 5.74) is 7.89. The summed E-state index contributed by atoms with van der Waals surface area (Å²) >= 11 is 0. The molecule has 1 aromatic carbocycles. The minimum Gasteiger partial charge on any atom is -0.327 e. The molecule has 2 bridgehead atoms. The van der Waals surface area contributed by atoms with Crippen molar-refractivity contribution >= 4 is 23.6 Å². The first kappa shape index (κ1) is 19.4. The number of nitrogens with two attached hydrogens (primary N) is 1. The zero-order valence-corrected chi connectivity index (χ0v) is 16.8. The maximum absolute atomic E-state index is 13.3. The molecule has 8 heteroatoms. The van der Waals surface area contributed by atoms with Crippen molar-refractivity contribution in [1.29, 1.82) is 0 Å². The van der Waals surface area contributed by atoms with Crippen LogP contribution in [0.2, 0.25) is 0 Å². The van der Waals surface area contributed by atoms with Crippen molar-refractivity contribution in [3.63, 3.8) is 0 Å². The zero-order valence-electron chi connectivity index (χ0n) is 16.8. The SMILES string of the molecule is N[C@@H]1C[C@@H]2CC[C@H]1CN(Cc1cccc3c1C(=O)N(C1CCC(=O)NC1=O)C3=O)C2. The number of nitrogens with zero attached hydrogens (tertiary/aromatic N) is 2. The number of imide groups is 2. The van der Waals surface area contributed by atoms with Crippen LogP contribution in [0.4, 0.5) is 0 Å². The molecule has 4 aliphatic heterocycles. The standard InChI is InChI=1S/C22H26N4O4/c23-16-8-12-4-5-13(16)10-25(9-12)11-14-2-1-3-15-19(14)22(30)26(21(15)29)17-6-7-18(27)24-20(17)28/h1-3,12-13,16-17H,4-11,23H2,(H,24,27,28)/t12-,13-,16+,17?/m0/s1. The molecule has 8 nitrogen and oxygen atoms in total. The van der Waals surface area contributed by atoms with Gasteiger partial charge in [-0.3, -0.25) is 34.3 Å². The van der Waals surface area contributed by atoms with E-state index in [4.69, 9.17) is 5.73 Å². The minimum atomic E-state index is -0.935. The van der Waals surface area contributed by atoms with Gasteiger partial charge in [0, 0.05) is 32.1 Å². The third-order valence-corrected chi connectivity index (χ3v) is 7.11. The first-order chi connectivity index (χ1) is 14.4. The van der Waals surface area contributed by atoms with E-state index >= 15 is 0 Å². The van der Waals surface area contributed by atoms with E-state index in [2.05, 4.69) is 10.2 Å². The molecule has 4 amide bonds. The fraction of sp³-hybridized carbons (Fsp3) is 0.545. The Labute approximate surface area is 174 Å². The van der Waals surface area contributed by atoms with Gasteiger partial charge in [-0.1, -0.05) is 12.1 Å². The van der Waals surface area contributed by atoms with Gasteiger partial charge in [-0.2, -0.15) is 0 Å². The van der Waals surface area contributed by atoms with Crippen LogP contribution in [0.15, 0.2) is 18.2 Å². The highest BCUT2D eigenvalue weighted by molar-refractivity contribution is 6.24. The zero-order chi connectivity index (χ0) is 21.0. The van der Waals surface area contributed by atoms with Crippen LogP contribution in [0.5, 0.6) is 0 Å². The van der Waals surface area contributed by atoms with E-state index in [-0.39, 0.29) is 24.8 Å². The minimum absolute atomic E-state index is 0.119. The molecule has 1 aliphatic carbocycles. The second-order valence-electron chi connectivity index (χ2n) is 9.08. The third kappa shape index (κ3) is 3.15. The van der Waals surface area contributed by atoms with Gasteiger partial charge in [-0.15, -0.1) is 0 Å². The number of fused-ring (bicyclic) bond motifs is 5. The average molecular weight is 410 g/mol. The monoisotopic (exact) mass is 410 g/mol. The van der Waals surface area contributed by atoms with E-state index in [9.17, 15) is 19.2 Å². The van der Waals surface area contributed by atoms with Crippen LogP contribution in [0, 0.1) is 11.8 Å². The van der Waals surface area contributed by atoms with Crippen molar-refractivity contribution in [3.05, 3.63) is 34.9 Å². The summed E-state index contributed by atoms with van der Waals surface area (Å²) in [6.45, 7) is 2.44. The van der Waals surface area contributed by atoms with Gasteiger partial charge in [0.2, 0.25) is 11.8 Å². The maximum Gasteiger partial charge on any atom is 0.262 e. The van der Waals surface area contributed by atoms with Gasteiger partial charge in [0.15, 0.2) is 0 Å². The van der Waals surface area contributed by atoms with E-state index in [0.29, 0.717) is 29.5 Å². The van der Waals surface area contributed by atoms with E-state index in [1.54, 1.807) is 12.1 Å². The number of hydrogen-bond acceptors (Lipinski definition) is 6. The lowest BCUT2D eigenvalue weighted by molar-refractivity contribution is -0.136. The number of piperidine rings is 1. The van der Waals surface area contributed by atoms with Gasteiger partial charge in [0.1, 0.15) is 6.04 Å². The summed E-state index contributed by atoms with van der Waals surface area (Å²) in [5.74, 6) is -0.799. The number of benzene rings is 1. The van der Waals surface area contributed by atoms with Crippen LogP contribution >= 0.6 is 0 Å². The third-order valence-electron chi connectivity index (χ3n) is 7.11. The fourth-order valence-corrected chi connectivity index (χ4v) is 5.61. The van der Waals surface area contributed by atoms with Crippen molar-refractivity contribution < 1.29 is 19.2 Å². The second kappa shape index (κ2) is 7.28. The van der Waals surface area contributed by atoms with Gasteiger partial charge < -0.3 is 5.73 Å². The normalized spacial score (nSPS) is 31.7. The molecular formula is C22H26N4O4. The largest absolute Gasteiger partial charge is 0.327 e. The van der Waals surface area contributed by atoms with E-state index < -0.39 is 23.8 Å². The molecule has 3 N–H and O–H groups in total. The number of nitrogens with one attached hydrogen (secondary N) is 1. The Hall–Kier alpha value is -2.58. The smallest absolute Gasteiger partial charge is 0.262 e. The van der Waals surface area contributed by atoms with Crippen molar-refractivity contribution in [3.8, 4) is 0 Å². The number of rotatable bonds is 3. The lowest BCUT2D eigenvalue weighted by atomic mass is 9.81. The van der Waals surface area contributed by atoms with Gasteiger partial charge in [0.05, 0.1) is 11.1 Å². The summed E-state index contributed by atoms with van der Waals surface area (Å²) < 4.78 is 0. The van der Waals surface area contributed by atoms with Crippen LogP contribution < -0.4 is 11.1 Å². The van der Waals surface area contributed by atoms with Crippen LogP contribution in [0.3, 0.4) is 0 Å². The topological polar surface area (TPSA) is 113 Å². The summed E-state index contributed by atoms with van der Waals surface area (Å²) in [4.78, 5) is 53.4. The number of carbonyl (C=O) groups is 4. The maximum atomic E-state index is 13.3. The van der Waals surface area contributed by atoms with Crippen LogP contribution in [0.1, 0.15) is 58.4 Å². The molecule has 158 valence electrons. The molecule has 0 aromatic heterocycles. The highest BCUT2D eigenvalue weighted by Gasteiger charge is 2.45. The molecule has 5 aliphatic rings. The quantitative estimate of drug-likeness (QED) is 0.708. The van der Waals surface area contributed by atoms with Crippen LogP contribution in [-0.4, -0.2) is 58.6 Å². The summed E-state index contributed by atoms with van der Waals surface area (Å²) in [6, 6.07) is 4.64. The predicted octanol–water partition coefficient (Wildman–Crippen LogP) is 0.647. The van der Waals surface area contributed by atoms with Crippen molar-refractivity contribution in [2.45, 2.75) is 50.7 Å². The Morgan fingerprint density at radius 3 is 2.63 bits per heavy atom. The molecule has 6 rings (SSSR count). The molecule has 0 spiro atoms. The van der Waals surface area contributed by atoms with Gasteiger partial charge >= 0.3 is 0 Å². The Bertz CT molecular complexity index is 945. The average Bonchev–Trinajstić information content (AvgIpc) is 2.84. The highest BCUT2D eigenvalue weighted by Crippen LogP contribution is 2.35. The molecule has 1 aromatic rings. The van der Waals surface area contributed by atoms with E-state index in [0.717, 1.165) is 36.4 Å². The van der Waals surface area contributed by atoms with E-state index in [1.165, 1.54) is 6.42 Å². The fourth-order valence-electron chi connectivity index (χ4n) is 5.61. The summed E-state index contributed by atoms with van der Waals surface area (Å²) in [7, 11) is 0. The van der Waals surface area contributed by atoms with Gasteiger partial charge in [-0.25, -0.2) is 0 Å². The Kier molecular flexibility index (Phi) is 4.71. The Morgan fingerprint density at radius 2 is 1.87 bits per heavy atom. The molecular weight excluding hydrogens is 384 g/mol. The number of carbonyl (C=O) groups excluding carboxylic acids is 4. The molecule has 1 saturated carbocycles. The van der Waals surface area contributed by atoms with Crippen molar-refractivity contribution in [2.75, 3.05) is 13.1 Å². The van der Waals surface area contributed by atoms with Gasteiger partial charge in [0.25, 0.3) is 11.8 Å². The molecule has 0 radical (unpaired) electrons. The van der Waals surface area contributed by atoms with Crippen LogP contribution in [-0.2, 0) is 16.1 Å². The number of hydrogen-bond donors (Lipinski definition) is 2. The lowest BCUT2D eigenvalue weighted by Gasteiger charge is -2.28. The lowest BCUT2D eigenvalue weighted by Crippen LogP contribution is -2.54. The predicted molar refractivity (Wildman–Crippen MR) is 107 cm³/mol. The molecule has 3 saturated heterocycles. The first-order valence-electron chi connectivity index (χ1n) is 10.7. The Morgan fingerprint density at radius 1 is 1.03 bits per heavy atom. The highest BCUT2D eigenvalue weighted by atomic mass is 16.2. The van der Waals surface area contributed by atoms with Gasteiger partial charge in [-0.05, 0) is 49.1 Å². The second-order valence-corrected chi connectivity index (χ2v) is 9.08. The van der Waals surface area contributed by atoms with Crippen molar-refractivity contribution in [1.82, 2.24) is 15.1 Å². The molecule has 4 heterocycles. The van der Waals surface area contributed by atoms with Crippen LogP contribution in [0.25, 0.3) is 0 Å². The Balaban J connectivity index is 1.41. The molecule has 1 unspecified atom stereocenters. The van der Waals surface area contributed by atoms with Crippen molar-refractivity contribution in [2.24, 2.45) is 17.6 Å².